The third-order valence-corrected chi connectivity index (χ3v) is 12.9. The van der Waals surface area contributed by atoms with Crippen LogP contribution in [0, 0.1) is 11.8 Å². The summed E-state index contributed by atoms with van der Waals surface area (Å²) < 4.78 is 33.1. The fourth-order valence-electron chi connectivity index (χ4n) is 9.39. The zero-order valence-electron chi connectivity index (χ0n) is 38.9. The highest BCUT2D eigenvalue weighted by atomic mass is 16.6. The van der Waals surface area contributed by atoms with Crippen molar-refractivity contribution in [2.24, 2.45) is 11.8 Å². The molecule has 0 bridgehead atoms. The Kier molecular flexibility index (Phi) is 15.6. The van der Waals surface area contributed by atoms with Gasteiger partial charge < -0.3 is 49.2 Å². The molecule has 0 spiro atoms. The summed E-state index contributed by atoms with van der Waals surface area (Å²) in [4.78, 5) is 42.3. The third kappa shape index (κ3) is 11.4. The van der Waals surface area contributed by atoms with E-state index in [-0.39, 0.29) is 42.5 Å². The second-order valence-corrected chi connectivity index (χ2v) is 17.8. The SMILES string of the molecule is CN(C)c1ccc2c(c1)OC1C(=C2c2ccc(C(=O)NCCOCCOCCOCCn3cc(CCCOC(=O)N4CCNC(Cc5ccccc5)C4)nn3)c(C(=O)O)c2)C2CC(=[N+](C)C)[C@@H]21. The molecule has 2 aliphatic heterocycles. The van der Waals surface area contributed by atoms with Crippen LogP contribution in [0.1, 0.15) is 55.9 Å². The van der Waals surface area contributed by atoms with E-state index in [2.05, 4.69) is 51.7 Å². The zero-order chi connectivity index (χ0) is 46.9. The number of hydrogen-bond acceptors (Lipinski definition) is 12. The molecular weight excluding hydrogens is 857 g/mol. The van der Waals surface area contributed by atoms with E-state index < -0.39 is 11.9 Å². The molecule has 67 heavy (non-hydrogen) atoms. The number of carboxylic acid groups (broad SMARTS) is 1. The number of aromatic carboxylic acids is 1. The summed E-state index contributed by atoms with van der Waals surface area (Å²) in [6, 6.07) is 21.7. The predicted octanol–water partition coefficient (Wildman–Crippen LogP) is 4.03. The number of aryl methyl sites for hydroxylation is 1. The third-order valence-electron chi connectivity index (χ3n) is 12.9. The molecule has 8 rings (SSSR count). The Labute approximate surface area is 391 Å². The molecule has 3 aromatic carbocycles. The number of rotatable bonds is 22. The van der Waals surface area contributed by atoms with E-state index in [4.69, 9.17) is 23.7 Å². The molecule has 4 aliphatic rings. The van der Waals surface area contributed by atoms with Gasteiger partial charge in [0.25, 0.3) is 5.91 Å². The number of piperazine rings is 1. The minimum atomic E-state index is -1.17. The molecule has 4 aromatic rings. The van der Waals surface area contributed by atoms with Gasteiger partial charge in [0.15, 0.2) is 5.71 Å². The van der Waals surface area contributed by atoms with Crippen molar-refractivity contribution in [2.75, 3.05) is 106 Å². The molecule has 1 saturated heterocycles. The van der Waals surface area contributed by atoms with Crippen LogP contribution in [0.25, 0.3) is 5.57 Å². The van der Waals surface area contributed by atoms with E-state index in [0.29, 0.717) is 84.0 Å². The molecule has 2 amide bonds. The van der Waals surface area contributed by atoms with Crippen molar-refractivity contribution in [3.63, 3.8) is 0 Å². The van der Waals surface area contributed by atoms with Gasteiger partial charge in [0, 0.05) is 82.2 Å². The summed E-state index contributed by atoms with van der Waals surface area (Å²) >= 11 is 0. The fourth-order valence-corrected chi connectivity index (χ4v) is 9.39. The molecule has 1 aromatic heterocycles. The number of amides is 2. The first-order valence-electron chi connectivity index (χ1n) is 23.3. The maximum Gasteiger partial charge on any atom is 0.409 e. The summed E-state index contributed by atoms with van der Waals surface area (Å²) in [7, 11) is 8.11. The Bertz CT molecular complexity index is 2450. The van der Waals surface area contributed by atoms with Crippen LogP contribution in [-0.4, -0.2) is 166 Å². The molecule has 3 heterocycles. The van der Waals surface area contributed by atoms with Crippen molar-refractivity contribution >= 4 is 34.9 Å². The van der Waals surface area contributed by atoms with E-state index in [9.17, 15) is 19.5 Å². The molecule has 17 heteroatoms. The van der Waals surface area contributed by atoms with Gasteiger partial charge in [-0.3, -0.25) is 4.79 Å². The number of carboxylic acids is 1. The van der Waals surface area contributed by atoms with E-state index in [1.807, 2.05) is 67.7 Å². The van der Waals surface area contributed by atoms with Crippen LogP contribution < -0.4 is 20.3 Å². The van der Waals surface area contributed by atoms with Gasteiger partial charge in [-0.2, -0.15) is 0 Å². The average Bonchev–Trinajstić information content (AvgIpc) is 3.77. The van der Waals surface area contributed by atoms with E-state index in [1.54, 1.807) is 21.7 Å². The largest absolute Gasteiger partial charge is 0.484 e. The number of aromatic nitrogens is 3. The van der Waals surface area contributed by atoms with Gasteiger partial charge in [0.2, 0.25) is 0 Å². The lowest BCUT2D eigenvalue weighted by molar-refractivity contribution is -0.473. The van der Waals surface area contributed by atoms with Gasteiger partial charge >= 0.3 is 12.1 Å². The van der Waals surface area contributed by atoms with E-state index in [0.717, 1.165) is 53.2 Å². The number of carbonyl (C=O) groups excluding carboxylic acids is 2. The minimum absolute atomic E-state index is 0.0587. The van der Waals surface area contributed by atoms with Crippen molar-refractivity contribution in [3.05, 3.63) is 112 Å². The Morgan fingerprint density at radius 1 is 0.940 bits per heavy atom. The summed E-state index contributed by atoms with van der Waals surface area (Å²) in [6.45, 7) is 5.22. The quantitative estimate of drug-likeness (QED) is 0.0761. The lowest BCUT2D eigenvalue weighted by atomic mass is 9.50. The van der Waals surface area contributed by atoms with Gasteiger partial charge in [0.05, 0.1) is 75.5 Å². The van der Waals surface area contributed by atoms with Gasteiger partial charge in [-0.05, 0) is 65.8 Å². The highest BCUT2D eigenvalue weighted by molar-refractivity contribution is 6.06. The van der Waals surface area contributed by atoms with Crippen LogP contribution in [-0.2, 0) is 38.3 Å². The highest BCUT2D eigenvalue weighted by Gasteiger charge is 2.63. The van der Waals surface area contributed by atoms with Crippen molar-refractivity contribution in [3.8, 4) is 5.75 Å². The molecule has 356 valence electrons. The summed E-state index contributed by atoms with van der Waals surface area (Å²) in [5.41, 5.74) is 8.37. The summed E-state index contributed by atoms with van der Waals surface area (Å²) in [6.07, 6.45) is 4.62. The van der Waals surface area contributed by atoms with E-state index in [1.165, 1.54) is 16.8 Å². The number of fused-ring (bicyclic) bond motifs is 5. The second kappa shape index (κ2) is 22.1. The molecule has 3 fully saturated rings. The van der Waals surface area contributed by atoms with Crippen LogP contribution >= 0.6 is 0 Å². The molecule has 4 atom stereocenters. The van der Waals surface area contributed by atoms with Crippen molar-refractivity contribution in [2.45, 2.75) is 44.4 Å². The van der Waals surface area contributed by atoms with Crippen molar-refractivity contribution < 1.29 is 47.7 Å². The van der Waals surface area contributed by atoms with Crippen LogP contribution in [0.2, 0.25) is 0 Å². The average molecular weight is 920 g/mol. The zero-order valence-corrected chi connectivity index (χ0v) is 38.9. The first-order valence-corrected chi connectivity index (χ1v) is 23.3. The highest BCUT2D eigenvalue weighted by Crippen LogP contribution is 2.60. The Balaban J connectivity index is 0.690. The minimum Gasteiger partial charge on any atom is -0.484 e. The number of ether oxygens (including phenoxy) is 5. The fraction of sp³-hybridized carbons (Fsp3) is 0.480. The summed E-state index contributed by atoms with van der Waals surface area (Å²) in [5, 5.41) is 25.0. The predicted molar refractivity (Wildman–Crippen MR) is 251 cm³/mol. The molecule has 3 unspecified atom stereocenters. The van der Waals surface area contributed by atoms with Crippen LogP contribution in [0.15, 0.2) is 78.5 Å². The molecule has 0 radical (unpaired) electrons. The molecule has 17 nitrogen and oxygen atoms in total. The smallest absolute Gasteiger partial charge is 0.409 e. The summed E-state index contributed by atoms with van der Waals surface area (Å²) in [5.74, 6) is -0.237. The number of nitrogens with one attached hydrogen (secondary N) is 2. The molecule has 3 N–H and O–H groups in total. The topological polar surface area (TPSA) is 182 Å². The second-order valence-electron chi connectivity index (χ2n) is 17.8. The Morgan fingerprint density at radius 2 is 1.72 bits per heavy atom. The normalized spacial score (nSPS) is 19.3. The van der Waals surface area contributed by atoms with Crippen LogP contribution in [0.4, 0.5) is 10.5 Å². The first-order chi connectivity index (χ1) is 32.5. The number of nitrogens with zero attached hydrogens (tertiary/aromatic N) is 6. The Morgan fingerprint density at radius 3 is 2.48 bits per heavy atom. The maximum atomic E-state index is 13.3. The number of anilines is 1. The number of carbonyl (C=O) groups is 3. The Hall–Kier alpha value is -6.14. The van der Waals surface area contributed by atoms with Crippen LogP contribution in [0.3, 0.4) is 0 Å². The first kappa shape index (κ1) is 47.4. The lowest BCUT2D eigenvalue weighted by Crippen LogP contribution is -2.63. The maximum absolute atomic E-state index is 13.3. The van der Waals surface area contributed by atoms with Crippen LogP contribution in [0.5, 0.6) is 5.75 Å². The standard InChI is InChI=1S/C50H62N8O9/c1-55(2)37-13-15-39-43(29-37)67-47-45-41(30-42(45)56(3)4)46(47)44(39)34-12-14-38(40(28-34)49(60)61)48(59)52-17-21-63-23-25-65-26-24-64-22-19-58-32-35(53-54-58)11-8-20-66-50(62)57-18-16-51-36(31-57)27-33-9-6-5-7-10-33/h5-7,9-10,12-15,28-29,32,36,41,45,47,51H,8,11,16-27,30-31H2,1-4H3,(H-,52,59,60,61)/p+1/t36?,41?,45-,47?/m1/s1. The molecule has 2 aliphatic carbocycles. The van der Waals surface area contributed by atoms with E-state index >= 15 is 0 Å². The number of hydrogen-bond donors (Lipinski definition) is 3. The monoisotopic (exact) mass is 919 g/mol. The van der Waals surface area contributed by atoms with Gasteiger partial charge in [-0.15, -0.1) is 5.10 Å². The molecule has 2 saturated carbocycles. The number of benzene rings is 3. The van der Waals surface area contributed by atoms with Gasteiger partial charge in [0.1, 0.15) is 25.9 Å². The van der Waals surface area contributed by atoms with Gasteiger partial charge in [-0.1, -0.05) is 41.6 Å². The van der Waals surface area contributed by atoms with Crippen molar-refractivity contribution in [1.82, 2.24) is 30.5 Å². The van der Waals surface area contributed by atoms with Crippen molar-refractivity contribution in [1.29, 1.82) is 0 Å². The molecular formula is C50H63N8O9+. The van der Waals surface area contributed by atoms with Gasteiger partial charge in [-0.25, -0.2) is 18.8 Å². The lowest BCUT2D eigenvalue weighted by Gasteiger charge is -2.55.